The first-order valence-corrected chi connectivity index (χ1v) is 6.59. The highest BCUT2D eigenvalue weighted by atomic mass is 16.2. The highest BCUT2D eigenvalue weighted by Gasteiger charge is 2.33. The first-order valence-electron chi connectivity index (χ1n) is 6.59. The summed E-state index contributed by atoms with van der Waals surface area (Å²) in [6, 6.07) is 3.52. The van der Waals surface area contributed by atoms with Gasteiger partial charge < -0.3 is 5.32 Å². The molecule has 1 saturated carbocycles. The summed E-state index contributed by atoms with van der Waals surface area (Å²) in [5.41, 5.74) is 0. The normalized spacial score (nSPS) is 27.1. The van der Waals surface area contributed by atoms with Gasteiger partial charge in [-0.15, -0.1) is 5.10 Å². The molecule has 96 valence electrons. The molecule has 1 saturated heterocycles. The van der Waals surface area contributed by atoms with Crippen molar-refractivity contribution < 1.29 is 4.79 Å². The molecule has 18 heavy (non-hydrogen) atoms. The van der Waals surface area contributed by atoms with Crippen molar-refractivity contribution in [2.24, 2.45) is 11.8 Å². The zero-order valence-corrected chi connectivity index (χ0v) is 10.4. The molecule has 0 radical (unpaired) electrons. The zero-order valence-electron chi connectivity index (χ0n) is 10.4. The van der Waals surface area contributed by atoms with Crippen molar-refractivity contribution in [2.45, 2.75) is 19.3 Å². The van der Waals surface area contributed by atoms with Gasteiger partial charge in [-0.1, -0.05) is 0 Å². The van der Waals surface area contributed by atoms with Gasteiger partial charge in [-0.25, -0.2) is 0 Å². The van der Waals surface area contributed by atoms with Crippen LogP contribution in [-0.2, 0) is 4.79 Å². The average Bonchev–Trinajstić information content (AvgIpc) is 2.70. The van der Waals surface area contributed by atoms with Gasteiger partial charge in [-0.2, -0.15) is 5.10 Å². The van der Waals surface area contributed by atoms with E-state index in [1.54, 1.807) is 18.3 Å². The molecule has 1 N–H and O–H groups in total. The van der Waals surface area contributed by atoms with Crippen LogP contribution >= 0.6 is 0 Å². The maximum Gasteiger partial charge on any atom is 0.239 e. The molecule has 0 aromatic carbocycles. The molecule has 2 heterocycles. The number of anilines is 1. The van der Waals surface area contributed by atoms with Gasteiger partial charge in [0.25, 0.3) is 0 Å². The molecule has 5 nitrogen and oxygen atoms in total. The average molecular weight is 246 g/mol. The number of carbonyl (C=O) groups excluding carboxylic acids is 1. The molecular weight excluding hydrogens is 228 g/mol. The van der Waals surface area contributed by atoms with E-state index in [-0.39, 0.29) is 5.91 Å². The Labute approximate surface area is 107 Å². The second kappa shape index (κ2) is 5.02. The van der Waals surface area contributed by atoms with Crippen LogP contribution in [0, 0.1) is 11.8 Å². The van der Waals surface area contributed by atoms with Crippen molar-refractivity contribution in [3.63, 3.8) is 0 Å². The van der Waals surface area contributed by atoms with Crippen molar-refractivity contribution in [1.29, 1.82) is 0 Å². The quantitative estimate of drug-likeness (QED) is 0.869. The van der Waals surface area contributed by atoms with Crippen molar-refractivity contribution in [3.8, 4) is 0 Å². The van der Waals surface area contributed by atoms with Crippen LogP contribution in [0.15, 0.2) is 18.3 Å². The van der Waals surface area contributed by atoms with Gasteiger partial charge in [-0.3, -0.25) is 9.69 Å². The Morgan fingerprint density at radius 2 is 2.17 bits per heavy atom. The maximum atomic E-state index is 11.9. The molecule has 1 aromatic heterocycles. The number of aromatic nitrogens is 2. The summed E-state index contributed by atoms with van der Waals surface area (Å²) in [4.78, 5) is 14.2. The van der Waals surface area contributed by atoms with Gasteiger partial charge in [0.05, 0.1) is 6.54 Å². The second-order valence-electron chi connectivity index (χ2n) is 5.40. The van der Waals surface area contributed by atoms with E-state index in [2.05, 4.69) is 20.4 Å². The Morgan fingerprint density at radius 3 is 2.83 bits per heavy atom. The van der Waals surface area contributed by atoms with E-state index in [9.17, 15) is 4.79 Å². The number of hydrogen-bond acceptors (Lipinski definition) is 4. The summed E-state index contributed by atoms with van der Waals surface area (Å²) in [5, 5.41) is 10.4. The minimum absolute atomic E-state index is 0.0109. The Kier molecular flexibility index (Phi) is 3.23. The van der Waals surface area contributed by atoms with Gasteiger partial charge in [-0.05, 0) is 43.2 Å². The largest absolute Gasteiger partial charge is 0.308 e. The number of hydrogen-bond donors (Lipinski definition) is 1. The van der Waals surface area contributed by atoms with E-state index in [1.807, 2.05) is 0 Å². The number of nitrogens with one attached hydrogen (secondary N) is 1. The van der Waals surface area contributed by atoms with E-state index in [1.165, 1.54) is 19.3 Å². The van der Waals surface area contributed by atoms with Crippen LogP contribution < -0.4 is 5.32 Å². The molecule has 0 spiro atoms. The highest BCUT2D eigenvalue weighted by Crippen LogP contribution is 2.36. The number of nitrogens with zero attached hydrogens (tertiary/aromatic N) is 3. The van der Waals surface area contributed by atoms with Crippen molar-refractivity contribution in [1.82, 2.24) is 15.1 Å². The molecule has 1 aliphatic carbocycles. The van der Waals surface area contributed by atoms with E-state index < -0.39 is 0 Å². The van der Waals surface area contributed by atoms with Crippen LogP contribution in [0.2, 0.25) is 0 Å². The molecule has 1 aliphatic heterocycles. The Hall–Kier alpha value is -1.49. The fourth-order valence-corrected chi connectivity index (χ4v) is 3.20. The molecule has 5 heteroatoms. The van der Waals surface area contributed by atoms with Gasteiger partial charge in [0, 0.05) is 19.3 Å². The summed E-state index contributed by atoms with van der Waals surface area (Å²) in [7, 11) is 0. The van der Waals surface area contributed by atoms with E-state index >= 15 is 0 Å². The zero-order chi connectivity index (χ0) is 12.4. The van der Waals surface area contributed by atoms with E-state index in [4.69, 9.17) is 0 Å². The molecule has 1 amide bonds. The number of piperidine rings is 1. The van der Waals surface area contributed by atoms with Crippen LogP contribution in [0.3, 0.4) is 0 Å². The van der Waals surface area contributed by atoms with Crippen LogP contribution in [0.25, 0.3) is 0 Å². The van der Waals surface area contributed by atoms with Crippen LogP contribution in [0.4, 0.5) is 5.82 Å². The van der Waals surface area contributed by atoms with Crippen molar-refractivity contribution >= 4 is 11.7 Å². The highest BCUT2D eigenvalue weighted by molar-refractivity contribution is 5.91. The first-order chi connectivity index (χ1) is 8.79. The van der Waals surface area contributed by atoms with Crippen molar-refractivity contribution in [2.75, 3.05) is 25.0 Å². The molecule has 2 unspecified atom stereocenters. The van der Waals surface area contributed by atoms with E-state index in [0.29, 0.717) is 12.4 Å². The number of fused-ring (bicyclic) bond motifs is 2. The smallest absolute Gasteiger partial charge is 0.239 e. The predicted octanol–water partition coefficient (Wildman–Crippen LogP) is 1.15. The topological polar surface area (TPSA) is 58.1 Å². The molecular formula is C13H18N4O. The summed E-state index contributed by atoms with van der Waals surface area (Å²) in [6.07, 6.45) is 5.64. The molecule has 2 aliphatic rings. The van der Waals surface area contributed by atoms with Gasteiger partial charge in [0.1, 0.15) is 0 Å². The SMILES string of the molecule is O=C(CN1CC2CCC(C2)C1)Nc1cccnn1. The number of rotatable bonds is 3. The fraction of sp³-hybridized carbons (Fsp3) is 0.615. The summed E-state index contributed by atoms with van der Waals surface area (Å²) in [5.74, 6) is 2.17. The van der Waals surface area contributed by atoms with Crippen LogP contribution in [0.1, 0.15) is 19.3 Å². The number of amides is 1. The molecule has 2 bridgehead atoms. The summed E-state index contributed by atoms with van der Waals surface area (Å²) >= 11 is 0. The number of likely N-dealkylation sites (tertiary alicyclic amines) is 1. The molecule has 2 atom stereocenters. The molecule has 2 fully saturated rings. The lowest BCUT2D eigenvalue weighted by Gasteiger charge is -2.30. The summed E-state index contributed by atoms with van der Waals surface area (Å²) < 4.78 is 0. The number of carbonyl (C=O) groups is 1. The van der Waals surface area contributed by atoms with Crippen molar-refractivity contribution in [3.05, 3.63) is 18.3 Å². The first kappa shape index (κ1) is 11.6. The lowest BCUT2D eigenvalue weighted by molar-refractivity contribution is -0.117. The fourth-order valence-electron chi connectivity index (χ4n) is 3.20. The van der Waals surface area contributed by atoms with E-state index in [0.717, 1.165) is 24.9 Å². The third-order valence-corrected chi connectivity index (χ3v) is 3.89. The minimum atomic E-state index is 0.0109. The standard InChI is InChI=1S/C13H18N4O/c18-13(15-12-2-1-5-14-16-12)9-17-7-10-3-4-11(6-10)8-17/h1-2,5,10-11H,3-4,6-9H2,(H,15,16,18). The van der Waals surface area contributed by atoms with Gasteiger partial charge in [0.15, 0.2) is 5.82 Å². The second-order valence-corrected chi connectivity index (χ2v) is 5.40. The predicted molar refractivity (Wildman–Crippen MR) is 67.9 cm³/mol. The third kappa shape index (κ3) is 2.67. The monoisotopic (exact) mass is 246 g/mol. The third-order valence-electron chi connectivity index (χ3n) is 3.89. The molecule has 1 aromatic rings. The Morgan fingerprint density at radius 1 is 1.39 bits per heavy atom. The van der Waals surface area contributed by atoms with Gasteiger partial charge in [0.2, 0.25) is 5.91 Å². The Balaban J connectivity index is 1.52. The Bertz CT molecular complexity index is 410. The lowest BCUT2D eigenvalue weighted by atomic mass is 9.99. The van der Waals surface area contributed by atoms with Gasteiger partial charge >= 0.3 is 0 Å². The van der Waals surface area contributed by atoms with Crippen LogP contribution in [-0.4, -0.2) is 40.6 Å². The minimum Gasteiger partial charge on any atom is -0.308 e. The van der Waals surface area contributed by atoms with Crippen LogP contribution in [0.5, 0.6) is 0 Å². The summed E-state index contributed by atoms with van der Waals surface area (Å²) in [6.45, 7) is 2.62. The molecule has 3 rings (SSSR count). The lowest BCUT2D eigenvalue weighted by Crippen LogP contribution is -2.41. The maximum absolute atomic E-state index is 11.9.